The Morgan fingerprint density at radius 3 is 2.54 bits per heavy atom. The van der Waals surface area contributed by atoms with Gasteiger partial charge in [0.15, 0.2) is 0 Å². The monoisotopic (exact) mass is 370 g/mol. The lowest BCUT2D eigenvalue weighted by Crippen LogP contribution is -2.28. The zero-order valence-electron chi connectivity index (χ0n) is 13.5. The predicted molar refractivity (Wildman–Crippen MR) is 87.6 cm³/mol. The van der Waals surface area contributed by atoms with Crippen LogP contribution in [-0.4, -0.2) is 32.3 Å². The van der Waals surface area contributed by atoms with Crippen LogP contribution in [0, 0.1) is 0 Å². The van der Waals surface area contributed by atoms with E-state index in [1.54, 1.807) is 0 Å². The Morgan fingerprint density at radius 2 is 2.04 bits per heavy atom. The van der Waals surface area contributed by atoms with Crippen molar-refractivity contribution >= 4 is 24.0 Å². The Balaban J connectivity index is 0.00000529. The van der Waals surface area contributed by atoms with Crippen molar-refractivity contribution in [3.63, 3.8) is 0 Å². The van der Waals surface area contributed by atoms with E-state index in [1.807, 2.05) is 6.92 Å². The molecule has 0 saturated heterocycles. The van der Waals surface area contributed by atoms with Crippen LogP contribution in [0.3, 0.4) is 0 Å². The first-order valence-corrected chi connectivity index (χ1v) is 7.18. The van der Waals surface area contributed by atoms with Gasteiger partial charge in [0.05, 0.1) is 30.4 Å². The van der Waals surface area contributed by atoms with Crippen LogP contribution in [0.5, 0.6) is 5.75 Å². The van der Waals surface area contributed by atoms with Gasteiger partial charge in [0.25, 0.3) is 0 Å². The zero-order chi connectivity index (χ0) is 17.5. The highest BCUT2D eigenvalue weighted by molar-refractivity contribution is 5.92. The molecule has 0 spiro atoms. The lowest BCUT2D eigenvalue weighted by atomic mass is 10.1. The molecule has 0 aliphatic rings. The van der Waals surface area contributed by atoms with Gasteiger partial charge in [-0.1, -0.05) is 6.92 Å². The minimum Gasteiger partial charge on any atom is -0.491 e. The average Bonchev–Trinajstić information content (AvgIpc) is 2.50. The fourth-order valence-electron chi connectivity index (χ4n) is 1.81. The van der Waals surface area contributed by atoms with E-state index in [0.717, 1.165) is 12.1 Å². The molecular weight excluding hydrogens is 349 g/mol. The largest absolute Gasteiger partial charge is 0.491 e. The fourth-order valence-corrected chi connectivity index (χ4v) is 1.81. The van der Waals surface area contributed by atoms with Gasteiger partial charge < -0.3 is 20.5 Å². The minimum atomic E-state index is -4.50. The van der Waals surface area contributed by atoms with Gasteiger partial charge in [0.2, 0.25) is 5.91 Å². The van der Waals surface area contributed by atoms with Gasteiger partial charge in [-0.15, -0.1) is 12.4 Å². The number of carbonyl (C=O) groups is 1. The molecule has 1 aromatic rings. The maximum Gasteiger partial charge on any atom is 0.416 e. The van der Waals surface area contributed by atoms with E-state index in [0.29, 0.717) is 13.0 Å². The molecule has 1 atom stereocenters. The fraction of sp³-hybridized carbons (Fsp3) is 0.533. The van der Waals surface area contributed by atoms with Crippen LogP contribution in [-0.2, 0) is 15.7 Å². The van der Waals surface area contributed by atoms with Crippen LogP contribution >= 0.6 is 12.4 Å². The Bertz CT molecular complexity index is 523. The summed E-state index contributed by atoms with van der Waals surface area (Å²) >= 11 is 0. The number of anilines is 1. The molecule has 24 heavy (non-hydrogen) atoms. The highest BCUT2D eigenvalue weighted by Gasteiger charge is 2.31. The molecule has 138 valence electrons. The van der Waals surface area contributed by atoms with Gasteiger partial charge in [-0.05, 0) is 24.6 Å². The first kappa shape index (κ1) is 22.5. The number of carbonyl (C=O) groups excluding carboxylic acids is 1. The van der Waals surface area contributed by atoms with Crippen LogP contribution in [0.1, 0.15) is 25.3 Å². The van der Waals surface area contributed by atoms with E-state index < -0.39 is 23.8 Å². The van der Waals surface area contributed by atoms with Crippen LogP contribution in [0.4, 0.5) is 18.9 Å². The molecule has 9 heteroatoms. The maximum absolute atomic E-state index is 12.8. The summed E-state index contributed by atoms with van der Waals surface area (Å²) in [5, 5.41) is 2.43. The van der Waals surface area contributed by atoms with E-state index in [2.05, 4.69) is 5.32 Å². The van der Waals surface area contributed by atoms with Gasteiger partial charge in [-0.3, -0.25) is 4.79 Å². The lowest BCUT2D eigenvalue weighted by Gasteiger charge is -2.17. The Morgan fingerprint density at radius 1 is 1.38 bits per heavy atom. The van der Waals surface area contributed by atoms with Gasteiger partial charge in [0.1, 0.15) is 5.75 Å². The number of alkyl halides is 3. The number of nitrogens with two attached hydrogens (primary N) is 1. The van der Waals surface area contributed by atoms with Gasteiger partial charge in [-0.2, -0.15) is 13.2 Å². The topological polar surface area (TPSA) is 73.6 Å². The molecule has 0 fully saturated rings. The third kappa shape index (κ3) is 6.94. The van der Waals surface area contributed by atoms with E-state index >= 15 is 0 Å². The molecule has 0 heterocycles. The van der Waals surface area contributed by atoms with E-state index in [9.17, 15) is 18.0 Å². The smallest absolute Gasteiger partial charge is 0.416 e. The van der Waals surface area contributed by atoms with E-state index in [-0.39, 0.29) is 36.8 Å². The minimum absolute atomic E-state index is 0. The molecule has 0 saturated carbocycles. The number of ether oxygens (including phenoxy) is 2. The van der Waals surface area contributed by atoms with Crippen molar-refractivity contribution < 1.29 is 27.4 Å². The SMILES string of the molecule is CCCOc1ccc(C(F)(F)F)cc1NC(=O)CC(CN)OC.Cl. The predicted octanol–water partition coefficient (Wildman–Crippen LogP) is 3.22. The molecule has 0 bridgehead atoms. The molecule has 0 aliphatic carbocycles. The first-order chi connectivity index (χ1) is 10.8. The second-order valence-electron chi connectivity index (χ2n) is 4.90. The van der Waals surface area contributed by atoms with Crippen molar-refractivity contribution in [1.82, 2.24) is 0 Å². The highest BCUT2D eigenvalue weighted by atomic mass is 35.5. The van der Waals surface area contributed by atoms with Crippen molar-refractivity contribution in [2.45, 2.75) is 32.0 Å². The number of halogens is 4. The molecule has 1 aromatic carbocycles. The average molecular weight is 371 g/mol. The molecule has 3 N–H and O–H groups in total. The molecule has 1 unspecified atom stereocenters. The quantitative estimate of drug-likeness (QED) is 0.737. The molecular formula is C15H22ClF3N2O3. The summed E-state index contributed by atoms with van der Waals surface area (Å²) in [6.07, 6.45) is -4.38. The Hall–Kier alpha value is -1.51. The van der Waals surface area contributed by atoms with Crippen molar-refractivity contribution in [2.24, 2.45) is 5.73 Å². The third-order valence-corrected chi connectivity index (χ3v) is 3.05. The summed E-state index contributed by atoms with van der Waals surface area (Å²) < 4.78 is 48.8. The van der Waals surface area contributed by atoms with Crippen molar-refractivity contribution in [3.05, 3.63) is 23.8 Å². The summed E-state index contributed by atoms with van der Waals surface area (Å²) in [5.74, 6) is -0.308. The number of amides is 1. The highest BCUT2D eigenvalue weighted by Crippen LogP contribution is 2.35. The second kappa shape index (κ2) is 10.4. The molecule has 1 amide bonds. The summed E-state index contributed by atoms with van der Waals surface area (Å²) in [7, 11) is 1.41. The van der Waals surface area contributed by atoms with Crippen LogP contribution in [0.2, 0.25) is 0 Å². The Labute approximate surface area is 145 Å². The number of hydrogen-bond acceptors (Lipinski definition) is 4. The number of benzene rings is 1. The summed E-state index contributed by atoms with van der Waals surface area (Å²) in [6.45, 7) is 2.33. The lowest BCUT2D eigenvalue weighted by molar-refractivity contribution is -0.137. The number of methoxy groups -OCH3 is 1. The standard InChI is InChI=1S/C15H21F3N2O3.ClH/c1-3-6-23-13-5-4-10(15(16,17)18)7-12(13)20-14(21)8-11(9-19)22-2;/h4-5,7,11H,3,6,8-9,19H2,1-2H3,(H,20,21);1H. The molecule has 0 radical (unpaired) electrons. The summed E-state index contributed by atoms with van der Waals surface area (Å²) in [6, 6.07) is 2.97. The second-order valence-corrected chi connectivity index (χ2v) is 4.90. The van der Waals surface area contributed by atoms with Crippen molar-refractivity contribution in [1.29, 1.82) is 0 Å². The molecule has 5 nitrogen and oxygen atoms in total. The number of nitrogens with one attached hydrogen (secondary N) is 1. The molecule has 1 rings (SSSR count). The zero-order valence-corrected chi connectivity index (χ0v) is 14.3. The van der Waals surface area contributed by atoms with Gasteiger partial charge >= 0.3 is 6.18 Å². The van der Waals surface area contributed by atoms with Gasteiger partial charge in [-0.25, -0.2) is 0 Å². The van der Waals surface area contributed by atoms with Crippen LogP contribution in [0.25, 0.3) is 0 Å². The van der Waals surface area contributed by atoms with Crippen LogP contribution in [0.15, 0.2) is 18.2 Å². The normalized spacial score (nSPS) is 12.2. The van der Waals surface area contributed by atoms with Crippen LogP contribution < -0.4 is 15.8 Å². The Kier molecular flexibility index (Phi) is 9.72. The third-order valence-electron chi connectivity index (χ3n) is 3.05. The van der Waals surface area contributed by atoms with Crippen molar-refractivity contribution in [3.8, 4) is 5.75 Å². The summed E-state index contributed by atoms with van der Waals surface area (Å²) in [4.78, 5) is 11.9. The number of hydrogen-bond donors (Lipinski definition) is 2. The van der Waals surface area contributed by atoms with Crippen molar-refractivity contribution in [2.75, 3.05) is 25.6 Å². The summed E-state index contributed by atoms with van der Waals surface area (Å²) in [5.41, 5.74) is 4.54. The van der Waals surface area contributed by atoms with Gasteiger partial charge in [0, 0.05) is 13.7 Å². The van der Waals surface area contributed by atoms with E-state index in [1.165, 1.54) is 13.2 Å². The number of rotatable bonds is 8. The molecule has 0 aromatic heterocycles. The first-order valence-electron chi connectivity index (χ1n) is 7.18. The maximum atomic E-state index is 12.8. The molecule has 0 aliphatic heterocycles. The van der Waals surface area contributed by atoms with E-state index in [4.69, 9.17) is 15.2 Å².